The second-order valence-corrected chi connectivity index (χ2v) is 5.49. The number of anilines is 1. The molecule has 0 aromatic carbocycles. The summed E-state index contributed by atoms with van der Waals surface area (Å²) < 4.78 is 3.75. The molecule has 2 aromatic heterocycles. The quantitative estimate of drug-likeness (QED) is 0.914. The van der Waals surface area contributed by atoms with Gasteiger partial charge in [0.2, 0.25) is 0 Å². The van der Waals surface area contributed by atoms with Gasteiger partial charge in [0, 0.05) is 35.5 Å². The second-order valence-electron chi connectivity index (χ2n) is 3.72. The van der Waals surface area contributed by atoms with Crippen LogP contribution in [0.1, 0.15) is 11.3 Å². The minimum Gasteiger partial charge on any atom is -0.365 e. The molecule has 0 bridgehead atoms. The Morgan fingerprint density at radius 1 is 1.35 bits per heavy atom. The van der Waals surface area contributed by atoms with E-state index in [-0.39, 0.29) is 0 Å². The zero-order chi connectivity index (χ0) is 12.4. The van der Waals surface area contributed by atoms with Crippen molar-refractivity contribution in [1.29, 1.82) is 0 Å². The van der Waals surface area contributed by atoms with Crippen molar-refractivity contribution in [3.05, 3.63) is 38.7 Å². The van der Waals surface area contributed by atoms with Crippen LogP contribution in [-0.2, 0) is 13.6 Å². The standard InChI is InChI=1S/C11H12Br2N4/c1-7-8(5-16-17(7)2)4-14-11-10(13)3-9(12)6-15-11/h3,5-6H,4H2,1-2H3,(H,14,15). The summed E-state index contributed by atoms with van der Waals surface area (Å²) in [5.74, 6) is 0.830. The number of halogens is 2. The summed E-state index contributed by atoms with van der Waals surface area (Å²) in [5.41, 5.74) is 2.33. The van der Waals surface area contributed by atoms with Crippen LogP contribution in [0, 0.1) is 6.92 Å². The van der Waals surface area contributed by atoms with E-state index in [4.69, 9.17) is 0 Å². The van der Waals surface area contributed by atoms with Crippen molar-refractivity contribution in [3.8, 4) is 0 Å². The van der Waals surface area contributed by atoms with Gasteiger partial charge in [0.15, 0.2) is 0 Å². The number of pyridine rings is 1. The number of hydrogen-bond donors (Lipinski definition) is 1. The molecule has 1 N–H and O–H groups in total. The fourth-order valence-corrected chi connectivity index (χ4v) is 2.57. The van der Waals surface area contributed by atoms with Gasteiger partial charge in [0.25, 0.3) is 0 Å². The predicted molar refractivity (Wildman–Crippen MR) is 74.9 cm³/mol. The lowest BCUT2D eigenvalue weighted by Gasteiger charge is -2.07. The summed E-state index contributed by atoms with van der Waals surface area (Å²) in [6.45, 7) is 2.76. The number of aryl methyl sites for hydroxylation is 1. The first-order valence-electron chi connectivity index (χ1n) is 5.10. The zero-order valence-corrected chi connectivity index (χ0v) is 12.7. The molecule has 0 aliphatic rings. The van der Waals surface area contributed by atoms with Gasteiger partial charge in [-0.15, -0.1) is 0 Å². The monoisotopic (exact) mass is 358 g/mol. The largest absolute Gasteiger partial charge is 0.365 e. The maximum atomic E-state index is 4.30. The van der Waals surface area contributed by atoms with Crippen molar-refractivity contribution < 1.29 is 0 Å². The van der Waals surface area contributed by atoms with Gasteiger partial charge in [-0.05, 0) is 44.8 Å². The van der Waals surface area contributed by atoms with E-state index in [1.807, 2.05) is 30.9 Å². The lowest BCUT2D eigenvalue weighted by atomic mass is 10.2. The van der Waals surface area contributed by atoms with Crippen molar-refractivity contribution in [2.24, 2.45) is 7.05 Å². The van der Waals surface area contributed by atoms with Crippen molar-refractivity contribution >= 4 is 37.7 Å². The first kappa shape index (κ1) is 12.6. The van der Waals surface area contributed by atoms with Crippen molar-refractivity contribution in [2.45, 2.75) is 13.5 Å². The SMILES string of the molecule is Cc1c(CNc2ncc(Br)cc2Br)cnn1C. The Kier molecular flexibility index (Phi) is 3.83. The molecule has 2 heterocycles. The molecule has 0 amide bonds. The molecule has 0 aliphatic carbocycles. The Morgan fingerprint density at radius 3 is 2.71 bits per heavy atom. The molecule has 0 atom stereocenters. The Morgan fingerprint density at radius 2 is 2.12 bits per heavy atom. The molecular formula is C11H12Br2N4. The van der Waals surface area contributed by atoms with Gasteiger partial charge in [-0.2, -0.15) is 5.10 Å². The van der Waals surface area contributed by atoms with Crippen LogP contribution >= 0.6 is 31.9 Å². The number of nitrogens with one attached hydrogen (secondary N) is 1. The first-order chi connectivity index (χ1) is 8.08. The van der Waals surface area contributed by atoms with E-state index < -0.39 is 0 Å². The summed E-state index contributed by atoms with van der Waals surface area (Å²) in [4.78, 5) is 4.30. The Balaban J connectivity index is 2.10. The highest BCUT2D eigenvalue weighted by atomic mass is 79.9. The van der Waals surface area contributed by atoms with E-state index in [1.54, 1.807) is 6.20 Å². The van der Waals surface area contributed by atoms with Crippen LogP contribution in [0.4, 0.5) is 5.82 Å². The van der Waals surface area contributed by atoms with Crippen LogP contribution in [0.2, 0.25) is 0 Å². The highest BCUT2D eigenvalue weighted by Gasteiger charge is 2.05. The molecule has 0 unspecified atom stereocenters. The van der Waals surface area contributed by atoms with E-state index in [9.17, 15) is 0 Å². The fraction of sp³-hybridized carbons (Fsp3) is 0.273. The second kappa shape index (κ2) is 5.18. The average Bonchev–Trinajstić information content (AvgIpc) is 2.59. The van der Waals surface area contributed by atoms with Gasteiger partial charge >= 0.3 is 0 Å². The summed E-state index contributed by atoms with van der Waals surface area (Å²) in [6.07, 6.45) is 3.64. The maximum Gasteiger partial charge on any atom is 0.140 e. The minimum absolute atomic E-state index is 0.715. The molecule has 2 rings (SSSR count). The molecule has 0 aliphatic heterocycles. The molecule has 0 radical (unpaired) electrons. The van der Waals surface area contributed by atoms with Crippen molar-refractivity contribution in [3.63, 3.8) is 0 Å². The molecule has 2 aromatic rings. The smallest absolute Gasteiger partial charge is 0.140 e. The van der Waals surface area contributed by atoms with Crippen LogP contribution in [0.15, 0.2) is 27.4 Å². The van der Waals surface area contributed by atoms with Gasteiger partial charge in [-0.25, -0.2) is 4.98 Å². The third-order valence-corrected chi connectivity index (χ3v) is 3.63. The molecule has 4 nitrogen and oxygen atoms in total. The maximum absolute atomic E-state index is 4.30. The average molecular weight is 360 g/mol. The summed E-state index contributed by atoms with van der Waals surface area (Å²) in [5, 5.41) is 7.48. The van der Waals surface area contributed by atoms with Gasteiger partial charge in [0.05, 0.1) is 10.7 Å². The Bertz CT molecular complexity index is 536. The lowest BCUT2D eigenvalue weighted by Crippen LogP contribution is -2.03. The van der Waals surface area contributed by atoms with Gasteiger partial charge < -0.3 is 5.32 Å². The lowest BCUT2D eigenvalue weighted by molar-refractivity contribution is 0.738. The van der Waals surface area contributed by atoms with Crippen LogP contribution < -0.4 is 5.32 Å². The van der Waals surface area contributed by atoms with Crippen LogP contribution in [0.3, 0.4) is 0 Å². The zero-order valence-electron chi connectivity index (χ0n) is 9.54. The summed E-state index contributed by atoms with van der Waals surface area (Å²) in [6, 6.07) is 1.96. The molecule has 0 fully saturated rings. The van der Waals surface area contributed by atoms with Crippen LogP contribution in [0.5, 0.6) is 0 Å². The summed E-state index contributed by atoms with van der Waals surface area (Å²) in [7, 11) is 1.94. The third-order valence-electron chi connectivity index (χ3n) is 2.59. The van der Waals surface area contributed by atoms with E-state index in [0.717, 1.165) is 20.5 Å². The van der Waals surface area contributed by atoms with E-state index in [1.165, 1.54) is 5.56 Å². The van der Waals surface area contributed by atoms with Gasteiger partial charge in [-0.3, -0.25) is 4.68 Å². The highest BCUT2D eigenvalue weighted by molar-refractivity contribution is 9.11. The number of aromatic nitrogens is 3. The predicted octanol–water partition coefficient (Wildman–Crippen LogP) is 3.26. The molecule has 90 valence electrons. The summed E-state index contributed by atoms with van der Waals surface area (Å²) >= 11 is 6.84. The van der Waals surface area contributed by atoms with Gasteiger partial charge in [0.1, 0.15) is 5.82 Å². The van der Waals surface area contributed by atoms with Gasteiger partial charge in [-0.1, -0.05) is 0 Å². The molecular weight excluding hydrogens is 348 g/mol. The number of rotatable bonds is 3. The number of hydrogen-bond acceptors (Lipinski definition) is 3. The first-order valence-corrected chi connectivity index (χ1v) is 6.69. The van der Waals surface area contributed by atoms with Crippen LogP contribution in [0.25, 0.3) is 0 Å². The minimum atomic E-state index is 0.715. The van der Waals surface area contributed by atoms with E-state index >= 15 is 0 Å². The van der Waals surface area contributed by atoms with E-state index in [0.29, 0.717) is 6.54 Å². The topological polar surface area (TPSA) is 42.7 Å². The number of nitrogens with zero attached hydrogens (tertiary/aromatic N) is 3. The molecule has 17 heavy (non-hydrogen) atoms. The molecule has 0 spiro atoms. The van der Waals surface area contributed by atoms with Crippen molar-refractivity contribution in [1.82, 2.24) is 14.8 Å². The Hall–Kier alpha value is -0.880. The Labute approximate surface area is 117 Å². The normalized spacial score (nSPS) is 10.6. The van der Waals surface area contributed by atoms with E-state index in [2.05, 4.69) is 47.3 Å². The fourth-order valence-electron chi connectivity index (χ4n) is 1.44. The van der Waals surface area contributed by atoms with Crippen molar-refractivity contribution in [2.75, 3.05) is 5.32 Å². The highest BCUT2D eigenvalue weighted by Crippen LogP contribution is 2.24. The van der Waals surface area contributed by atoms with Crippen LogP contribution in [-0.4, -0.2) is 14.8 Å². The molecule has 0 saturated carbocycles. The molecule has 6 heteroatoms. The molecule has 0 saturated heterocycles. The third kappa shape index (κ3) is 2.87.